The first-order chi connectivity index (χ1) is 8.09. The molecule has 0 unspecified atom stereocenters. The number of thiophene rings is 1. The van der Waals surface area contributed by atoms with Crippen molar-refractivity contribution < 1.29 is 9.53 Å². The highest BCUT2D eigenvalue weighted by Crippen LogP contribution is 2.35. The van der Waals surface area contributed by atoms with Crippen LogP contribution in [0.5, 0.6) is 0 Å². The van der Waals surface area contributed by atoms with E-state index in [1.54, 1.807) is 6.20 Å². The Morgan fingerprint density at radius 2 is 2.24 bits per heavy atom. The van der Waals surface area contributed by atoms with E-state index in [9.17, 15) is 4.79 Å². The van der Waals surface area contributed by atoms with Crippen molar-refractivity contribution in [1.29, 1.82) is 0 Å². The molecule has 2 aromatic rings. The molecule has 0 aromatic carbocycles. The van der Waals surface area contributed by atoms with Crippen molar-refractivity contribution in [3.63, 3.8) is 0 Å². The first kappa shape index (κ1) is 12.1. The van der Waals surface area contributed by atoms with Gasteiger partial charge in [0.25, 0.3) is 0 Å². The number of thiazole rings is 1. The van der Waals surface area contributed by atoms with Crippen LogP contribution in [0.3, 0.4) is 0 Å². The van der Waals surface area contributed by atoms with Crippen LogP contribution in [-0.2, 0) is 4.74 Å². The zero-order valence-electron chi connectivity index (χ0n) is 9.47. The van der Waals surface area contributed by atoms with Gasteiger partial charge in [-0.15, -0.1) is 22.7 Å². The van der Waals surface area contributed by atoms with E-state index in [4.69, 9.17) is 10.5 Å². The van der Waals surface area contributed by atoms with E-state index in [-0.39, 0.29) is 12.1 Å². The zero-order valence-corrected chi connectivity index (χ0v) is 11.1. The Bertz CT molecular complexity index is 518. The summed E-state index contributed by atoms with van der Waals surface area (Å²) in [5, 5.41) is 4.96. The Labute approximate surface area is 107 Å². The number of rotatable bonds is 3. The minimum atomic E-state index is -0.385. The second kappa shape index (κ2) is 4.85. The fraction of sp³-hybridized carbons (Fsp3) is 0.273. The molecule has 0 saturated carbocycles. The molecule has 0 amide bonds. The van der Waals surface area contributed by atoms with Gasteiger partial charge in [0.15, 0.2) is 0 Å². The molecule has 4 nitrogen and oxygen atoms in total. The summed E-state index contributed by atoms with van der Waals surface area (Å²) in [6.07, 6.45) is 1.54. The molecule has 0 atom stereocenters. The van der Waals surface area contributed by atoms with Gasteiger partial charge in [-0.2, -0.15) is 0 Å². The van der Waals surface area contributed by atoms with Crippen LogP contribution < -0.4 is 5.73 Å². The normalized spacial score (nSPS) is 10.8. The van der Waals surface area contributed by atoms with Gasteiger partial charge in [-0.3, -0.25) is 0 Å². The number of carbonyl (C=O) groups excluding carboxylic acids is 1. The van der Waals surface area contributed by atoms with Gasteiger partial charge < -0.3 is 10.5 Å². The van der Waals surface area contributed by atoms with Crippen molar-refractivity contribution in [3.8, 4) is 10.6 Å². The summed E-state index contributed by atoms with van der Waals surface area (Å²) in [6, 6.07) is 0. The molecular weight excluding hydrogens is 256 g/mol. The summed E-state index contributed by atoms with van der Waals surface area (Å²) >= 11 is 2.80. The molecule has 6 heteroatoms. The monoisotopic (exact) mass is 268 g/mol. The molecule has 0 bridgehead atoms. The maximum Gasteiger partial charge on any atom is 0.342 e. The zero-order chi connectivity index (χ0) is 12.4. The van der Waals surface area contributed by atoms with Crippen molar-refractivity contribution in [2.24, 2.45) is 0 Å². The highest BCUT2D eigenvalue weighted by Gasteiger charge is 2.21. The third-order valence-electron chi connectivity index (χ3n) is 2.03. The molecule has 0 aliphatic rings. The Hall–Kier alpha value is -1.40. The van der Waals surface area contributed by atoms with E-state index < -0.39 is 0 Å². The average molecular weight is 268 g/mol. The van der Waals surface area contributed by atoms with E-state index in [1.165, 1.54) is 22.7 Å². The van der Waals surface area contributed by atoms with E-state index in [1.807, 2.05) is 24.6 Å². The van der Waals surface area contributed by atoms with E-state index in [2.05, 4.69) is 4.98 Å². The highest BCUT2D eigenvalue weighted by atomic mass is 32.1. The second-order valence-corrected chi connectivity index (χ2v) is 5.49. The lowest BCUT2D eigenvalue weighted by Gasteiger charge is -2.08. The quantitative estimate of drug-likeness (QED) is 0.869. The van der Waals surface area contributed by atoms with Crippen molar-refractivity contribution in [2.75, 3.05) is 5.73 Å². The second-order valence-electron chi connectivity index (χ2n) is 3.68. The van der Waals surface area contributed by atoms with Crippen molar-refractivity contribution >= 4 is 33.6 Å². The topological polar surface area (TPSA) is 65.2 Å². The first-order valence-electron chi connectivity index (χ1n) is 5.07. The summed E-state index contributed by atoms with van der Waals surface area (Å²) in [4.78, 5) is 16.1. The lowest BCUT2D eigenvalue weighted by Crippen LogP contribution is -2.13. The van der Waals surface area contributed by atoms with Crippen LogP contribution in [0.1, 0.15) is 24.2 Å². The Kier molecular flexibility index (Phi) is 3.44. The molecule has 0 aliphatic carbocycles. The number of aromatic nitrogens is 1. The average Bonchev–Trinajstić information content (AvgIpc) is 2.84. The van der Waals surface area contributed by atoms with Crippen LogP contribution in [0.4, 0.5) is 5.00 Å². The van der Waals surface area contributed by atoms with Crippen molar-refractivity contribution in [3.05, 3.63) is 22.5 Å². The lowest BCUT2D eigenvalue weighted by atomic mass is 10.2. The van der Waals surface area contributed by atoms with Crippen LogP contribution in [0.2, 0.25) is 0 Å². The number of carbonyl (C=O) groups is 1. The smallest absolute Gasteiger partial charge is 0.342 e. The number of nitrogen functional groups attached to an aromatic ring is 1. The standard InChI is InChI=1S/C11H12N2O2S2/c1-6(2)15-11(14)8-7(5-17-9(8)12)10-13-3-4-16-10/h3-6H,12H2,1-2H3. The van der Waals surface area contributed by atoms with E-state index in [0.717, 1.165) is 10.6 Å². The van der Waals surface area contributed by atoms with E-state index in [0.29, 0.717) is 10.6 Å². The summed E-state index contributed by atoms with van der Waals surface area (Å²) in [7, 11) is 0. The van der Waals surface area contributed by atoms with Crippen LogP contribution in [0.25, 0.3) is 10.6 Å². The molecule has 0 radical (unpaired) electrons. The summed E-state index contributed by atoms with van der Waals surface area (Å²) in [5.74, 6) is -0.385. The molecular formula is C11H12N2O2S2. The Morgan fingerprint density at radius 3 is 2.82 bits per heavy atom. The molecule has 2 N–H and O–H groups in total. The number of esters is 1. The number of hydrogen-bond acceptors (Lipinski definition) is 6. The molecule has 0 aliphatic heterocycles. The number of nitrogens with two attached hydrogens (primary N) is 1. The van der Waals surface area contributed by atoms with Gasteiger partial charge in [0.2, 0.25) is 0 Å². The predicted octanol–water partition coefficient (Wildman–Crippen LogP) is 3.02. The van der Waals surface area contributed by atoms with Gasteiger partial charge in [0.05, 0.1) is 6.10 Å². The SMILES string of the molecule is CC(C)OC(=O)c1c(-c2nccs2)csc1N. The van der Waals surface area contributed by atoms with Crippen LogP contribution in [-0.4, -0.2) is 17.1 Å². The van der Waals surface area contributed by atoms with Gasteiger partial charge in [-0.25, -0.2) is 9.78 Å². The molecule has 17 heavy (non-hydrogen) atoms. The molecule has 2 heterocycles. The molecule has 0 spiro atoms. The highest BCUT2D eigenvalue weighted by molar-refractivity contribution is 7.16. The van der Waals surface area contributed by atoms with Gasteiger partial charge in [0, 0.05) is 22.5 Å². The number of nitrogens with zero attached hydrogens (tertiary/aromatic N) is 1. The van der Waals surface area contributed by atoms with Gasteiger partial charge >= 0.3 is 5.97 Å². The van der Waals surface area contributed by atoms with Crippen LogP contribution >= 0.6 is 22.7 Å². The van der Waals surface area contributed by atoms with Crippen LogP contribution in [0, 0.1) is 0 Å². The number of hydrogen-bond donors (Lipinski definition) is 1. The summed E-state index contributed by atoms with van der Waals surface area (Å²) in [5.41, 5.74) is 7.01. The molecule has 0 fully saturated rings. The number of ether oxygens (including phenoxy) is 1. The van der Waals surface area contributed by atoms with Gasteiger partial charge in [-0.05, 0) is 13.8 Å². The fourth-order valence-electron chi connectivity index (χ4n) is 1.37. The first-order valence-corrected chi connectivity index (χ1v) is 6.83. The molecule has 0 saturated heterocycles. The summed E-state index contributed by atoms with van der Waals surface area (Å²) in [6.45, 7) is 3.62. The third kappa shape index (κ3) is 2.48. The third-order valence-corrected chi connectivity index (χ3v) is 3.65. The van der Waals surface area contributed by atoms with Crippen molar-refractivity contribution in [1.82, 2.24) is 4.98 Å². The molecule has 90 valence electrons. The number of anilines is 1. The predicted molar refractivity (Wildman–Crippen MR) is 70.4 cm³/mol. The Balaban J connectivity index is 2.40. The van der Waals surface area contributed by atoms with E-state index >= 15 is 0 Å². The largest absolute Gasteiger partial charge is 0.459 e. The summed E-state index contributed by atoms with van der Waals surface area (Å²) < 4.78 is 5.18. The van der Waals surface area contributed by atoms with Gasteiger partial charge in [-0.1, -0.05) is 0 Å². The van der Waals surface area contributed by atoms with Crippen LogP contribution in [0.15, 0.2) is 17.0 Å². The minimum absolute atomic E-state index is 0.161. The lowest BCUT2D eigenvalue weighted by molar-refractivity contribution is 0.0380. The minimum Gasteiger partial charge on any atom is -0.459 e. The van der Waals surface area contributed by atoms with Gasteiger partial charge in [0.1, 0.15) is 15.6 Å². The van der Waals surface area contributed by atoms with Crippen molar-refractivity contribution in [2.45, 2.75) is 20.0 Å². The fourth-order valence-corrected chi connectivity index (χ4v) is 2.89. The Morgan fingerprint density at radius 1 is 1.47 bits per heavy atom. The molecule has 2 rings (SSSR count). The maximum absolute atomic E-state index is 11.9. The maximum atomic E-state index is 11.9. The molecule has 2 aromatic heterocycles.